The molecular weight excluding hydrogens is 378 g/mol. The maximum atomic E-state index is 12.6. The summed E-state index contributed by atoms with van der Waals surface area (Å²) in [5.74, 6) is 0.393. The first kappa shape index (κ1) is 22.5. The Hall–Kier alpha value is -2.81. The molecule has 0 saturated carbocycles. The molecule has 160 valence electrons. The monoisotopic (exact) mass is 407 g/mol. The third kappa shape index (κ3) is 5.60. The number of hydrogen-bond donors (Lipinski definition) is 3. The number of benzene rings is 1. The van der Waals surface area contributed by atoms with Crippen molar-refractivity contribution < 1.29 is 29.0 Å². The Morgan fingerprint density at radius 2 is 1.93 bits per heavy atom. The van der Waals surface area contributed by atoms with Crippen LogP contribution in [0.5, 0.6) is 11.5 Å². The number of imide groups is 1. The van der Waals surface area contributed by atoms with Gasteiger partial charge in [0, 0.05) is 6.54 Å². The van der Waals surface area contributed by atoms with E-state index in [4.69, 9.17) is 9.47 Å². The Morgan fingerprint density at radius 3 is 2.52 bits per heavy atom. The van der Waals surface area contributed by atoms with Crippen LogP contribution in [-0.2, 0) is 16.0 Å². The van der Waals surface area contributed by atoms with E-state index in [-0.39, 0.29) is 25.5 Å². The number of aliphatic hydroxyl groups excluding tert-OH is 1. The first-order valence-corrected chi connectivity index (χ1v) is 9.53. The summed E-state index contributed by atoms with van der Waals surface area (Å²) in [7, 11) is 3.08. The van der Waals surface area contributed by atoms with Gasteiger partial charge in [-0.15, -0.1) is 0 Å². The van der Waals surface area contributed by atoms with Crippen LogP contribution in [0.1, 0.15) is 25.8 Å². The van der Waals surface area contributed by atoms with Gasteiger partial charge in [-0.05, 0) is 30.0 Å². The molecule has 9 nitrogen and oxygen atoms in total. The highest BCUT2D eigenvalue weighted by Gasteiger charge is 2.39. The van der Waals surface area contributed by atoms with Crippen LogP contribution in [0.2, 0.25) is 0 Å². The molecule has 2 atom stereocenters. The van der Waals surface area contributed by atoms with Gasteiger partial charge >= 0.3 is 6.03 Å². The fourth-order valence-electron chi connectivity index (χ4n) is 3.08. The first-order valence-electron chi connectivity index (χ1n) is 9.53. The molecule has 0 radical (unpaired) electrons. The van der Waals surface area contributed by atoms with Crippen molar-refractivity contribution in [3.63, 3.8) is 0 Å². The van der Waals surface area contributed by atoms with Crippen molar-refractivity contribution in [1.29, 1.82) is 0 Å². The summed E-state index contributed by atoms with van der Waals surface area (Å²) in [6.45, 7) is 3.74. The molecular formula is C20H29N3O6. The van der Waals surface area contributed by atoms with Gasteiger partial charge in [-0.1, -0.05) is 19.9 Å². The number of carbonyl (C=O) groups is 3. The average Bonchev–Trinajstić information content (AvgIpc) is 2.96. The quantitative estimate of drug-likeness (QED) is 0.491. The molecule has 1 aliphatic rings. The van der Waals surface area contributed by atoms with E-state index in [0.717, 1.165) is 10.5 Å². The Morgan fingerprint density at radius 1 is 1.24 bits per heavy atom. The van der Waals surface area contributed by atoms with Gasteiger partial charge in [0.2, 0.25) is 5.91 Å². The van der Waals surface area contributed by atoms with E-state index in [2.05, 4.69) is 10.6 Å². The second kappa shape index (κ2) is 10.1. The predicted molar refractivity (Wildman–Crippen MR) is 106 cm³/mol. The summed E-state index contributed by atoms with van der Waals surface area (Å²) in [5, 5.41) is 14.6. The van der Waals surface area contributed by atoms with Crippen LogP contribution in [0.3, 0.4) is 0 Å². The molecule has 0 bridgehead atoms. The molecule has 3 N–H and O–H groups in total. The molecule has 4 amide bonds. The minimum Gasteiger partial charge on any atom is -0.493 e. The van der Waals surface area contributed by atoms with Crippen LogP contribution >= 0.6 is 0 Å². The molecule has 1 aromatic carbocycles. The Bertz CT molecular complexity index is 752. The molecule has 1 heterocycles. The second-order valence-electron chi connectivity index (χ2n) is 7.24. The summed E-state index contributed by atoms with van der Waals surface area (Å²) in [5.41, 5.74) is 0.882. The maximum Gasteiger partial charge on any atom is 0.324 e. The zero-order chi connectivity index (χ0) is 21.6. The number of ether oxygens (including phenoxy) is 2. The molecule has 1 aliphatic heterocycles. The number of rotatable bonds is 10. The van der Waals surface area contributed by atoms with E-state index in [1.165, 1.54) is 7.11 Å². The molecule has 0 aromatic heterocycles. The predicted octanol–water partition coefficient (Wildman–Crippen LogP) is 0.690. The van der Waals surface area contributed by atoms with Gasteiger partial charge < -0.3 is 25.2 Å². The molecule has 1 saturated heterocycles. The van der Waals surface area contributed by atoms with E-state index in [1.54, 1.807) is 19.2 Å². The van der Waals surface area contributed by atoms with Crippen molar-refractivity contribution in [1.82, 2.24) is 15.5 Å². The van der Waals surface area contributed by atoms with Gasteiger partial charge in [0.25, 0.3) is 5.91 Å². The highest BCUT2D eigenvalue weighted by molar-refractivity contribution is 6.05. The third-order valence-electron chi connectivity index (χ3n) is 4.92. The molecule has 9 heteroatoms. The zero-order valence-electron chi connectivity index (χ0n) is 17.2. The zero-order valence-corrected chi connectivity index (χ0v) is 17.2. The number of aliphatic hydroxyl groups is 1. The van der Waals surface area contributed by atoms with Crippen LogP contribution in [0, 0.1) is 5.92 Å². The minimum atomic E-state index is -0.903. The van der Waals surface area contributed by atoms with Crippen molar-refractivity contribution in [2.45, 2.75) is 38.8 Å². The van der Waals surface area contributed by atoms with Gasteiger partial charge in [0.15, 0.2) is 11.5 Å². The smallest absolute Gasteiger partial charge is 0.324 e. The van der Waals surface area contributed by atoms with E-state index in [0.29, 0.717) is 17.9 Å². The first-order chi connectivity index (χ1) is 13.8. The van der Waals surface area contributed by atoms with E-state index in [9.17, 15) is 19.5 Å². The normalized spacial score (nSPS) is 17.3. The number of carbonyl (C=O) groups excluding carboxylic acids is 3. The number of urea groups is 1. The van der Waals surface area contributed by atoms with Crippen LogP contribution in [0.25, 0.3) is 0 Å². The number of methoxy groups -OCH3 is 2. The van der Waals surface area contributed by atoms with Gasteiger partial charge in [0.05, 0.1) is 33.3 Å². The number of hydrogen-bond acceptors (Lipinski definition) is 6. The van der Waals surface area contributed by atoms with Crippen LogP contribution in [-0.4, -0.2) is 67.3 Å². The lowest BCUT2D eigenvalue weighted by molar-refractivity contribution is -0.131. The molecule has 2 rings (SSSR count). The highest BCUT2D eigenvalue weighted by Crippen LogP contribution is 2.27. The molecule has 1 aromatic rings. The van der Waals surface area contributed by atoms with Crippen LogP contribution < -0.4 is 20.1 Å². The summed E-state index contributed by atoms with van der Waals surface area (Å²) in [4.78, 5) is 38.0. The Kier molecular flexibility index (Phi) is 7.83. The van der Waals surface area contributed by atoms with E-state index in [1.807, 2.05) is 19.9 Å². The van der Waals surface area contributed by atoms with Crippen molar-refractivity contribution >= 4 is 17.8 Å². The molecule has 1 fully saturated rings. The summed E-state index contributed by atoms with van der Waals surface area (Å²) >= 11 is 0. The lowest BCUT2D eigenvalue weighted by atomic mass is 10.0. The Balaban J connectivity index is 1.94. The summed E-state index contributed by atoms with van der Waals surface area (Å²) in [6, 6.07) is 3.58. The van der Waals surface area contributed by atoms with Crippen molar-refractivity contribution in [3.8, 4) is 11.5 Å². The van der Waals surface area contributed by atoms with Crippen molar-refractivity contribution in [2.24, 2.45) is 5.92 Å². The average molecular weight is 407 g/mol. The number of nitrogens with zero attached hydrogens (tertiary/aromatic N) is 1. The molecule has 0 aliphatic carbocycles. The number of amides is 4. The van der Waals surface area contributed by atoms with E-state index < -0.39 is 29.9 Å². The fraction of sp³-hybridized carbons (Fsp3) is 0.550. The number of nitrogens with one attached hydrogen (secondary N) is 2. The topological polar surface area (TPSA) is 117 Å². The highest BCUT2D eigenvalue weighted by atomic mass is 16.5. The van der Waals surface area contributed by atoms with Gasteiger partial charge in [-0.3, -0.25) is 14.5 Å². The summed E-state index contributed by atoms with van der Waals surface area (Å²) < 4.78 is 10.5. The van der Waals surface area contributed by atoms with Crippen LogP contribution in [0.15, 0.2) is 18.2 Å². The van der Waals surface area contributed by atoms with E-state index >= 15 is 0 Å². The lowest BCUT2D eigenvalue weighted by Crippen LogP contribution is -2.44. The standard InChI is InChI=1S/C20H29N3O6/c1-12(2)15(11-24)21-18(25)10-14-19(26)23(20(27)22-14)8-7-13-5-6-16(28-3)17(9-13)29-4/h5-6,9,12,14-15,24H,7-8,10-11H2,1-4H3,(H,21,25)(H,22,27)/t14-,15-/m1/s1. The second-order valence-corrected chi connectivity index (χ2v) is 7.24. The largest absolute Gasteiger partial charge is 0.493 e. The fourth-order valence-corrected chi connectivity index (χ4v) is 3.08. The molecule has 29 heavy (non-hydrogen) atoms. The maximum absolute atomic E-state index is 12.6. The molecule has 0 unspecified atom stereocenters. The lowest BCUT2D eigenvalue weighted by Gasteiger charge is -2.20. The minimum absolute atomic E-state index is 0.0517. The van der Waals surface area contributed by atoms with Crippen molar-refractivity contribution in [3.05, 3.63) is 23.8 Å². The van der Waals surface area contributed by atoms with Gasteiger partial charge in [-0.25, -0.2) is 4.79 Å². The van der Waals surface area contributed by atoms with Crippen LogP contribution in [0.4, 0.5) is 4.79 Å². The Labute approximate surface area is 170 Å². The summed E-state index contributed by atoms with van der Waals surface area (Å²) in [6.07, 6.45) is 0.277. The third-order valence-corrected chi connectivity index (χ3v) is 4.92. The van der Waals surface area contributed by atoms with Crippen molar-refractivity contribution in [2.75, 3.05) is 27.4 Å². The molecule has 0 spiro atoms. The SMILES string of the molecule is COc1ccc(CCN2C(=O)N[C@H](CC(=O)N[C@H](CO)C(C)C)C2=O)cc1OC. The van der Waals surface area contributed by atoms with Gasteiger partial charge in [-0.2, -0.15) is 0 Å². The van der Waals surface area contributed by atoms with Gasteiger partial charge in [0.1, 0.15) is 6.04 Å².